The number of aryl methyl sites for hydroxylation is 2. The lowest BCUT2D eigenvalue weighted by Crippen LogP contribution is -2.16. The molecule has 5 heterocycles. The van der Waals surface area contributed by atoms with Gasteiger partial charge in [0.2, 0.25) is 0 Å². The molecule has 0 aliphatic carbocycles. The first kappa shape index (κ1) is 26.3. The Labute approximate surface area is 229 Å². The zero-order valence-corrected chi connectivity index (χ0v) is 23.0. The minimum absolute atomic E-state index is 0.0539. The second-order valence-electron chi connectivity index (χ2n) is 10.0. The molecule has 0 fully saturated rings. The normalized spacial score (nSPS) is 14.8. The average molecular weight is 568 g/mol. The van der Waals surface area contributed by atoms with E-state index < -0.39 is 16.3 Å². The highest BCUT2D eigenvalue weighted by atomic mass is 32.2. The van der Waals surface area contributed by atoms with Crippen LogP contribution in [0.15, 0.2) is 46.3 Å². The number of aromatic nitrogens is 5. The number of hydrogen-bond acceptors (Lipinski definition) is 8. The van der Waals surface area contributed by atoms with E-state index in [2.05, 4.69) is 25.5 Å². The largest absolute Gasteiger partial charge is 0.373 e. The van der Waals surface area contributed by atoms with Gasteiger partial charge in [0, 0.05) is 43.1 Å². The molecule has 10 nitrogen and oxygen atoms in total. The fourth-order valence-electron chi connectivity index (χ4n) is 4.93. The summed E-state index contributed by atoms with van der Waals surface area (Å²) in [6, 6.07) is 10.5. The summed E-state index contributed by atoms with van der Waals surface area (Å²) in [5.41, 5.74) is 5.66. The SMILES string of the molecule is Cc1cc(-c2ccc(Nc3cc(Cc4cc5n(n4)CCOC5)nc4c3N=C(C(F)F)C4)c(S(C)(=O)=O)c2)nn1C. The molecule has 208 valence electrons. The van der Waals surface area contributed by atoms with Crippen molar-refractivity contribution < 1.29 is 21.9 Å². The van der Waals surface area contributed by atoms with Gasteiger partial charge in [-0.25, -0.2) is 22.2 Å². The molecule has 0 saturated carbocycles. The third kappa shape index (κ3) is 5.02. The summed E-state index contributed by atoms with van der Waals surface area (Å²) >= 11 is 0. The van der Waals surface area contributed by atoms with Crippen LogP contribution in [0.25, 0.3) is 11.3 Å². The zero-order valence-electron chi connectivity index (χ0n) is 22.1. The fourth-order valence-corrected chi connectivity index (χ4v) is 5.79. The van der Waals surface area contributed by atoms with Crippen molar-refractivity contribution in [1.29, 1.82) is 0 Å². The number of aliphatic imine (C=N–C) groups is 1. The van der Waals surface area contributed by atoms with Crippen molar-refractivity contribution in [3.8, 4) is 11.3 Å². The lowest BCUT2D eigenvalue weighted by atomic mass is 10.1. The van der Waals surface area contributed by atoms with Crippen molar-refractivity contribution in [2.45, 2.75) is 44.2 Å². The Hall–Kier alpha value is -3.97. The Bertz CT molecular complexity index is 1730. The lowest BCUT2D eigenvalue weighted by molar-refractivity contribution is 0.0800. The molecule has 0 atom stereocenters. The average Bonchev–Trinajstić information content (AvgIpc) is 3.60. The lowest BCUT2D eigenvalue weighted by Gasteiger charge is -2.15. The molecule has 2 aliphatic heterocycles. The molecule has 1 aromatic carbocycles. The van der Waals surface area contributed by atoms with Crippen molar-refractivity contribution in [2.24, 2.45) is 12.0 Å². The second kappa shape index (κ2) is 9.89. The van der Waals surface area contributed by atoms with Crippen LogP contribution in [0.3, 0.4) is 0 Å². The first-order valence-electron chi connectivity index (χ1n) is 12.7. The van der Waals surface area contributed by atoms with Crippen LogP contribution in [-0.4, -0.2) is 58.0 Å². The molecule has 1 N–H and O–H groups in total. The molecule has 0 saturated heterocycles. The summed E-state index contributed by atoms with van der Waals surface area (Å²) < 4.78 is 62.0. The van der Waals surface area contributed by atoms with E-state index in [1.807, 2.05) is 30.8 Å². The van der Waals surface area contributed by atoms with Crippen LogP contribution >= 0.6 is 0 Å². The van der Waals surface area contributed by atoms with Crippen LogP contribution in [0.5, 0.6) is 0 Å². The van der Waals surface area contributed by atoms with Crippen LogP contribution in [-0.2, 0) is 47.6 Å². The van der Waals surface area contributed by atoms with Gasteiger partial charge in [-0.05, 0) is 37.3 Å². The molecule has 0 bridgehead atoms. The van der Waals surface area contributed by atoms with Crippen molar-refractivity contribution in [1.82, 2.24) is 24.5 Å². The highest BCUT2D eigenvalue weighted by Gasteiger charge is 2.27. The van der Waals surface area contributed by atoms with Crippen LogP contribution in [0.1, 0.15) is 28.5 Å². The molecule has 0 amide bonds. The standard InChI is InChI=1S/C27H27F2N7O3S/c1-15-8-21(34-35(15)2)16-4-5-20(25(9-16)40(3,37)38)31-22-12-17(30-23-13-24(27(28)29)32-26(22)23)10-18-11-19-14-39-7-6-36(19)33-18/h4-5,8-9,11-12,27H,6-7,10,13-14H2,1-3H3,(H,30,31). The Morgan fingerprint density at radius 3 is 2.62 bits per heavy atom. The molecule has 3 aromatic heterocycles. The van der Waals surface area contributed by atoms with Gasteiger partial charge in [-0.1, -0.05) is 6.07 Å². The Balaban J connectivity index is 1.40. The van der Waals surface area contributed by atoms with E-state index >= 15 is 0 Å². The van der Waals surface area contributed by atoms with Crippen LogP contribution in [0, 0.1) is 6.92 Å². The first-order chi connectivity index (χ1) is 19.0. The van der Waals surface area contributed by atoms with Crippen molar-refractivity contribution in [3.63, 3.8) is 0 Å². The number of benzene rings is 1. The molecule has 0 unspecified atom stereocenters. The van der Waals surface area contributed by atoms with Crippen molar-refractivity contribution in [2.75, 3.05) is 18.2 Å². The second-order valence-corrected chi connectivity index (χ2v) is 12.0. The van der Waals surface area contributed by atoms with Gasteiger partial charge in [0.25, 0.3) is 6.43 Å². The molecule has 0 spiro atoms. The zero-order chi connectivity index (χ0) is 28.2. The number of rotatable bonds is 7. The monoisotopic (exact) mass is 567 g/mol. The number of halogens is 2. The number of nitrogens with zero attached hydrogens (tertiary/aromatic N) is 6. The Morgan fingerprint density at radius 1 is 1.10 bits per heavy atom. The van der Waals surface area contributed by atoms with Crippen LogP contribution in [0.2, 0.25) is 0 Å². The number of pyridine rings is 1. The van der Waals surface area contributed by atoms with Gasteiger partial charge in [-0.3, -0.25) is 14.3 Å². The number of sulfone groups is 1. The van der Waals surface area contributed by atoms with Gasteiger partial charge in [0.15, 0.2) is 9.84 Å². The third-order valence-corrected chi connectivity index (χ3v) is 8.14. The molecule has 40 heavy (non-hydrogen) atoms. The Morgan fingerprint density at radius 2 is 1.93 bits per heavy atom. The van der Waals surface area contributed by atoms with E-state index in [-0.39, 0.29) is 22.7 Å². The minimum atomic E-state index is -3.68. The summed E-state index contributed by atoms with van der Waals surface area (Å²) in [5.74, 6) is 0. The van der Waals surface area contributed by atoms with Gasteiger partial charge >= 0.3 is 0 Å². The van der Waals surface area contributed by atoms with Gasteiger partial charge < -0.3 is 10.1 Å². The molecule has 2 aliphatic rings. The van der Waals surface area contributed by atoms with E-state index in [1.54, 1.807) is 28.9 Å². The maximum absolute atomic E-state index is 13.6. The van der Waals surface area contributed by atoms with Crippen molar-refractivity contribution >= 4 is 32.6 Å². The number of fused-ring (bicyclic) bond motifs is 2. The highest BCUT2D eigenvalue weighted by Crippen LogP contribution is 2.39. The fraction of sp³-hybridized carbons (Fsp3) is 0.333. The first-order valence-corrected chi connectivity index (χ1v) is 14.6. The third-order valence-electron chi connectivity index (χ3n) is 7.01. The van der Waals surface area contributed by atoms with Crippen molar-refractivity contribution in [3.05, 3.63) is 64.9 Å². The maximum atomic E-state index is 13.6. The van der Waals surface area contributed by atoms with Gasteiger partial charge in [-0.15, -0.1) is 0 Å². The summed E-state index contributed by atoms with van der Waals surface area (Å²) in [6.45, 7) is 3.64. The van der Waals surface area contributed by atoms with E-state index in [4.69, 9.17) is 4.74 Å². The quantitative estimate of drug-likeness (QED) is 0.357. The van der Waals surface area contributed by atoms with E-state index in [0.717, 1.165) is 23.3 Å². The van der Waals surface area contributed by atoms with E-state index in [1.165, 1.54) is 0 Å². The Kier molecular flexibility index (Phi) is 6.50. The number of anilines is 2. The molecule has 0 radical (unpaired) electrons. The highest BCUT2D eigenvalue weighted by molar-refractivity contribution is 7.90. The summed E-state index contributed by atoms with van der Waals surface area (Å²) in [6.07, 6.45) is -1.32. The maximum Gasteiger partial charge on any atom is 0.277 e. The summed E-state index contributed by atoms with van der Waals surface area (Å²) in [4.78, 5) is 8.84. The predicted octanol–water partition coefficient (Wildman–Crippen LogP) is 4.15. The van der Waals surface area contributed by atoms with E-state index in [9.17, 15) is 17.2 Å². The summed E-state index contributed by atoms with van der Waals surface area (Å²) in [7, 11) is -1.87. The molecule has 13 heteroatoms. The number of nitrogens with one attached hydrogen (secondary N) is 1. The molecule has 4 aromatic rings. The molecular formula is C27H27F2N7O3S. The van der Waals surface area contributed by atoms with Crippen LogP contribution in [0.4, 0.5) is 25.8 Å². The minimum Gasteiger partial charge on any atom is -0.373 e. The van der Waals surface area contributed by atoms with Crippen LogP contribution < -0.4 is 5.32 Å². The van der Waals surface area contributed by atoms with Gasteiger partial charge in [0.05, 0.1) is 64.5 Å². The van der Waals surface area contributed by atoms with E-state index in [0.29, 0.717) is 60.2 Å². The number of ether oxygens (including phenoxy) is 1. The van der Waals surface area contributed by atoms with Gasteiger partial charge in [-0.2, -0.15) is 10.2 Å². The smallest absolute Gasteiger partial charge is 0.277 e. The molecular weight excluding hydrogens is 540 g/mol. The molecule has 6 rings (SSSR count). The topological polar surface area (TPSA) is 116 Å². The number of hydrogen-bond donors (Lipinski definition) is 1. The van der Waals surface area contributed by atoms with Gasteiger partial charge in [0.1, 0.15) is 5.69 Å². The summed E-state index contributed by atoms with van der Waals surface area (Å²) in [5, 5.41) is 12.3. The number of alkyl halides is 2. The predicted molar refractivity (Wildman–Crippen MR) is 146 cm³/mol.